The van der Waals surface area contributed by atoms with E-state index in [0.717, 1.165) is 5.56 Å². The van der Waals surface area contributed by atoms with Crippen LogP contribution in [0.25, 0.3) is 0 Å². The molecule has 0 bridgehead atoms. The summed E-state index contributed by atoms with van der Waals surface area (Å²) in [5.41, 5.74) is 0.980. The smallest absolute Gasteiger partial charge is 0.408 e. The van der Waals surface area contributed by atoms with E-state index in [1.165, 1.54) is 0 Å². The maximum atomic E-state index is 14.1. The number of benzene rings is 2. The maximum absolute atomic E-state index is 14.1. The number of ether oxygens (including phenoxy) is 1. The molecule has 0 heterocycles. The van der Waals surface area contributed by atoms with Crippen molar-refractivity contribution in [3.63, 3.8) is 0 Å². The minimum Gasteiger partial charge on any atom is -0.444 e. The van der Waals surface area contributed by atoms with E-state index >= 15 is 0 Å². The van der Waals surface area contributed by atoms with Crippen LogP contribution in [0.3, 0.4) is 0 Å². The first-order valence-corrected chi connectivity index (χ1v) is 14.1. The van der Waals surface area contributed by atoms with Gasteiger partial charge in [-0.05, 0) is 63.7 Å². The molecule has 3 unspecified atom stereocenters. The van der Waals surface area contributed by atoms with E-state index in [2.05, 4.69) is 10.6 Å². The molecule has 3 amide bonds. The summed E-state index contributed by atoms with van der Waals surface area (Å²) in [5, 5.41) is 5.79. The zero-order valence-corrected chi connectivity index (χ0v) is 23.6. The van der Waals surface area contributed by atoms with Gasteiger partial charge in [0.15, 0.2) is 0 Å². The third-order valence-corrected chi connectivity index (χ3v) is 6.52. The molecule has 0 saturated heterocycles. The number of nitrogens with zero attached hydrogens (tertiary/aromatic N) is 1. The molecular formula is C29H41N3O4S. The molecule has 2 rings (SSSR count). The Kier molecular flexibility index (Phi) is 12.0. The van der Waals surface area contributed by atoms with Crippen LogP contribution in [0, 0.1) is 0 Å². The summed E-state index contributed by atoms with van der Waals surface area (Å²) in [6.07, 6.45) is 2.36. The van der Waals surface area contributed by atoms with Gasteiger partial charge in [0.2, 0.25) is 11.8 Å². The number of carbonyl (C=O) groups excluding carboxylic acids is 3. The average molecular weight is 528 g/mol. The predicted molar refractivity (Wildman–Crippen MR) is 150 cm³/mol. The Morgan fingerprint density at radius 3 is 2.14 bits per heavy atom. The number of amides is 3. The Morgan fingerprint density at radius 2 is 1.59 bits per heavy atom. The molecule has 2 aromatic carbocycles. The van der Waals surface area contributed by atoms with E-state index in [4.69, 9.17) is 4.74 Å². The Labute approximate surface area is 225 Å². The molecule has 0 aliphatic carbocycles. The van der Waals surface area contributed by atoms with Crippen molar-refractivity contribution in [3.8, 4) is 0 Å². The molecule has 37 heavy (non-hydrogen) atoms. The van der Waals surface area contributed by atoms with Crippen LogP contribution in [-0.4, -0.2) is 52.5 Å². The van der Waals surface area contributed by atoms with Crippen LogP contribution in [-0.2, 0) is 20.9 Å². The van der Waals surface area contributed by atoms with Crippen molar-refractivity contribution >= 4 is 29.7 Å². The second kappa shape index (κ2) is 14.7. The lowest BCUT2D eigenvalue weighted by atomic mass is 9.99. The monoisotopic (exact) mass is 527 g/mol. The first-order valence-electron chi connectivity index (χ1n) is 12.7. The summed E-state index contributed by atoms with van der Waals surface area (Å²) >= 11 is 1.59. The van der Waals surface area contributed by atoms with Gasteiger partial charge in [-0.3, -0.25) is 9.59 Å². The second-order valence-corrected chi connectivity index (χ2v) is 11.0. The highest BCUT2D eigenvalue weighted by Gasteiger charge is 2.38. The number of rotatable bonds is 12. The maximum Gasteiger partial charge on any atom is 0.408 e. The van der Waals surface area contributed by atoms with Gasteiger partial charge >= 0.3 is 6.09 Å². The third kappa shape index (κ3) is 9.76. The van der Waals surface area contributed by atoms with E-state index in [1.54, 1.807) is 37.4 Å². The molecule has 2 aromatic rings. The molecule has 0 fully saturated rings. The summed E-state index contributed by atoms with van der Waals surface area (Å²) in [4.78, 5) is 42.1. The Morgan fingerprint density at radius 1 is 1.00 bits per heavy atom. The second-order valence-electron chi connectivity index (χ2n) is 10.00. The largest absolute Gasteiger partial charge is 0.444 e. The van der Waals surface area contributed by atoms with Gasteiger partial charge in [-0.25, -0.2) is 4.79 Å². The highest BCUT2D eigenvalue weighted by molar-refractivity contribution is 7.98. The van der Waals surface area contributed by atoms with Crippen molar-refractivity contribution in [2.75, 3.05) is 12.0 Å². The van der Waals surface area contributed by atoms with Crippen LogP contribution in [0.15, 0.2) is 60.7 Å². The van der Waals surface area contributed by atoms with Crippen molar-refractivity contribution in [1.82, 2.24) is 15.5 Å². The van der Waals surface area contributed by atoms with Gasteiger partial charge in [0.1, 0.15) is 17.7 Å². The van der Waals surface area contributed by atoms with Gasteiger partial charge in [-0.2, -0.15) is 11.8 Å². The highest BCUT2D eigenvalue weighted by atomic mass is 32.2. The fourth-order valence-electron chi connectivity index (χ4n) is 3.87. The Hall–Kier alpha value is -3.00. The molecule has 2 N–H and O–H groups in total. The topological polar surface area (TPSA) is 87.7 Å². The molecule has 8 heteroatoms. The normalized spacial score (nSPS) is 13.7. The van der Waals surface area contributed by atoms with Crippen LogP contribution in [0.4, 0.5) is 4.79 Å². The molecule has 202 valence electrons. The SMILES string of the molecule is CCC(C)N(C(=O)C(CCSC)NC(=O)OC(C)(C)C)C(C(=O)NCc1ccccc1)c1ccccc1. The highest BCUT2D eigenvalue weighted by Crippen LogP contribution is 2.27. The minimum absolute atomic E-state index is 0.252. The van der Waals surface area contributed by atoms with Gasteiger partial charge in [-0.1, -0.05) is 67.6 Å². The van der Waals surface area contributed by atoms with Crippen LogP contribution >= 0.6 is 11.8 Å². The number of hydrogen-bond acceptors (Lipinski definition) is 5. The van der Waals surface area contributed by atoms with E-state index in [0.29, 0.717) is 30.7 Å². The number of nitrogens with one attached hydrogen (secondary N) is 2. The molecule has 0 radical (unpaired) electrons. The van der Waals surface area contributed by atoms with Gasteiger partial charge < -0.3 is 20.3 Å². The van der Waals surface area contributed by atoms with E-state index in [1.807, 2.05) is 80.8 Å². The lowest BCUT2D eigenvalue weighted by molar-refractivity contribution is -0.145. The summed E-state index contributed by atoms with van der Waals surface area (Å²) in [5.74, 6) is 0.0825. The lowest BCUT2D eigenvalue weighted by Gasteiger charge is -2.38. The third-order valence-electron chi connectivity index (χ3n) is 5.87. The quantitative estimate of drug-likeness (QED) is 0.390. The average Bonchev–Trinajstić information content (AvgIpc) is 2.87. The molecule has 0 saturated carbocycles. The molecule has 0 aliphatic heterocycles. The molecule has 3 atom stereocenters. The van der Waals surface area contributed by atoms with Crippen LogP contribution in [0.2, 0.25) is 0 Å². The minimum atomic E-state index is -0.857. The van der Waals surface area contributed by atoms with Crippen LogP contribution < -0.4 is 10.6 Å². The van der Waals surface area contributed by atoms with Crippen LogP contribution in [0.1, 0.15) is 64.6 Å². The van der Waals surface area contributed by atoms with Crippen molar-refractivity contribution < 1.29 is 19.1 Å². The summed E-state index contributed by atoms with van der Waals surface area (Å²) in [6, 6.07) is 17.0. The number of alkyl carbamates (subject to hydrolysis) is 1. The molecule has 0 aliphatic rings. The van der Waals surface area contributed by atoms with Gasteiger partial charge in [0, 0.05) is 12.6 Å². The first kappa shape index (κ1) is 30.2. The number of thioether (sulfide) groups is 1. The lowest BCUT2D eigenvalue weighted by Crippen LogP contribution is -2.55. The van der Waals surface area contributed by atoms with Gasteiger partial charge in [-0.15, -0.1) is 0 Å². The zero-order valence-electron chi connectivity index (χ0n) is 22.8. The van der Waals surface area contributed by atoms with Gasteiger partial charge in [0.05, 0.1) is 0 Å². The summed E-state index contributed by atoms with van der Waals surface area (Å²) in [6.45, 7) is 9.58. The summed E-state index contributed by atoms with van der Waals surface area (Å²) in [7, 11) is 0. The summed E-state index contributed by atoms with van der Waals surface area (Å²) < 4.78 is 5.44. The first-order chi connectivity index (χ1) is 17.6. The number of carbonyl (C=O) groups is 3. The van der Waals surface area contributed by atoms with Crippen molar-refractivity contribution in [2.45, 2.75) is 77.7 Å². The van der Waals surface area contributed by atoms with Crippen molar-refractivity contribution in [1.29, 1.82) is 0 Å². The molecular weight excluding hydrogens is 486 g/mol. The number of hydrogen-bond donors (Lipinski definition) is 2. The van der Waals surface area contributed by atoms with E-state index in [-0.39, 0.29) is 17.9 Å². The zero-order chi connectivity index (χ0) is 27.4. The Balaban J connectivity index is 2.42. The molecule has 7 nitrogen and oxygen atoms in total. The standard InChI is InChI=1S/C29H41N3O4S/c1-7-21(2)32(27(34)24(18-19-37-6)31-28(35)36-29(3,4)5)25(23-16-12-9-13-17-23)26(33)30-20-22-14-10-8-11-15-22/h8-17,21,24-25H,7,18-20H2,1-6H3,(H,30,33)(H,31,35). The van der Waals surface area contributed by atoms with Gasteiger partial charge in [0.25, 0.3) is 0 Å². The molecule has 0 spiro atoms. The van der Waals surface area contributed by atoms with Crippen molar-refractivity contribution in [3.05, 3.63) is 71.8 Å². The Bertz CT molecular complexity index is 995. The van der Waals surface area contributed by atoms with Crippen LogP contribution in [0.5, 0.6) is 0 Å². The fraction of sp³-hybridized carbons (Fsp3) is 0.483. The van der Waals surface area contributed by atoms with Crippen molar-refractivity contribution in [2.24, 2.45) is 0 Å². The molecule has 0 aromatic heterocycles. The fourth-order valence-corrected chi connectivity index (χ4v) is 4.35. The van der Waals surface area contributed by atoms with E-state index < -0.39 is 23.8 Å². The van der Waals surface area contributed by atoms with E-state index in [9.17, 15) is 14.4 Å². The predicted octanol–water partition coefficient (Wildman–Crippen LogP) is 5.32.